The van der Waals surface area contributed by atoms with Crippen molar-refractivity contribution in [3.63, 3.8) is 0 Å². The Bertz CT molecular complexity index is 2600. The summed E-state index contributed by atoms with van der Waals surface area (Å²) in [5, 5.41) is 1.82. The Kier molecular flexibility index (Phi) is 9.22. The number of hydrogen-bond acceptors (Lipinski definition) is 4. The third kappa shape index (κ3) is 6.41. The highest BCUT2D eigenvalue weighted by molar-refractivity contribution is 6.05. The molecule has 2 aromatic heterocycles. The van der Waals surface area contributed by atoms with Crippen LogP contribution in [0.1, 0.15) is 63.8 Å². The molecule has 2 unspecified atom stereocenters. The molecule has 1 aliphatic heterocycles. The number of hydrazine groups is 1. The Morgan fingerprint density at radius 2 is 1.47 bits per heavy atom. The topological polar surface area (TPSA) is 97.6 Å². The number of carbonyl (C=O) groups is 3. The van der Waals surface area contributed by atoms with Crippen molar-refractivity contribution < 1.29 is 19.1 Å². The second kappa shape index (κ2) is 14.3. The third-order valence-electron chi connectivity index (χ3n) is 10.6. The van der Waals surface area contributed by atoms with Crippen LogP contribution >= 0.6 is 0 Å². The SMILES string of the molecule is Cc1cccc(Oc2ccc3c(c2)cc(C(=O)NNC(=O)C(CC(C)C)N2C(=O)c4ccccc4C2c2c(-c4ccccc4)n(C)c4ccccc24)n3C)c1. The average molecular weight is 730 g/mol. The number of nitrogens with one attached hydrogen (secondary N) is 2. The average Bonchev–Trinajstić information content (AvgIpc) is 3.78. The Labute approximate surface area is 320 Å². The van der Waals surface area contributed by atoms with Gasteiger partial charge in [0.15, 0.2) is 0 Å². The van der Waals surface area contributed by atoms with Gasteiger partial charge in [-0.25, -0.2) is 0 Å². The second-order valence-corrected chi connectivity index (χ2v) is 14.7. The van der Waals surface area contributed by atoms with Crippen LogP contribution < -0.4 is 15.6 Å². The molecule has 9 heteroatoms. The molecule has 0 aliphatic carbocycles. The minimum Gasteiger partial charge on any atom is -0.457 e. The summed E-state index contributed by atoms with van der Waals surface area (Å²) >= 11 is 0. The molecular weight excluding hydrogens is 687 g/mol. The monoisotopic (exact) mass is 729 g/mol. The van der Waals surface area contributed by atoms with E-state index in [1.165, 1.54) is 0 Å². The Morgan fingerprint density at radius 3 is 2.25 bits per heavy atom. The maximum Gasteiger partial charge on any atom is 0.286 e. The summed E-state index contributed by atoms with van der Waals surface area (Å²) in [6.45, 7) is 6.07. The summed E-state index contributed by atoms with van der Waals surface area (Å²) in [6, 6.07) is 39.7. The van der Waals surface area contributed by atoms with Gasteiger partial charge in [-0.15, -0.1) is 0 Å². The van der Waals surface area contributed by atoms with Crippen LogP contribution in [-0.2, 0) is 18.9 Å². The van der Waals surface area contributed by atoms with E-state index in [4.69, 9.17) is 4.74 Å². The van der Waals surface area contributed by atoms with Crippen LogP contribution in [0.2, 0.25) is 0 Å². The number of benzene rings is 5. The number of aromatic nitrogens is 2. The normalized spacial score (nSPS) is 14.4. The maximum absolute atomic E-state index is 14.6. The van der Waals surface area contributed by atoms with Crippen molar-refractivity contribution >= 4 is 39.5 Å². The molecule has 3 heterocycles. The number of amides is 3. The van der Waals surface area contributed by atoms with Crippen LogP contribution in [0.3, 0.4) is 0 Å². The molecule has 0 saturated carbocycles. The first kappa shape index (κ1) is 35.4. The highest BCUT2D eigenvalue weighted by atomic mass is 16.5. The summed E-state index contributed by atoms with van der Waals surface area (Å²) in [5.41, 5.74) is 13.0. The van der Waals surface area contributed by atoms with Crippen molar-refractivity contribution in [2.75, 3.05) is 0 Å². The van der Waals surface area contributed by atoms with E-state index in [1.54, 1.807) is 22.6 Å². The van der Waals surface area contributed by atoms with E-state index < -0.39 is 23.9 Å². The highest BCUT2D eigenvalue weighted by Crippen LogP contribution is 2.47. The van der Waals surface area contributed by atoms with Crippen molar-refractivity contribution in [2.24, 2.45) is 20.0 Å². The van der Waals surface area contributed by atoms with Gasteiger partial charge in [-0.05, 0) is 84.5 Å². The zero-order valence-electron chi connectivity index (χ0n) is 31.5. The van der Waals surface area contributed by atoms with E-state index >= 15 is 0 Å². The predicted octanol–water partition coefficient (Wildman–Crippen LogP) is 8.86. The lowest BCUT2D eigenvalue weighted by Crippen LogP contribution is -2.54. The van der Waals surface area contributed by atoms with Gasteiger partial charge in [-0.3, -0.25) is 25.2 Å². The molecule has 8 rings (SSSR count). The summed E-state index contributed by atoms with van der Waals surface area (Å²) in [5.74, 6) is 0.251. The van der Waals surface area contributed by atoms with E-state index in [9.17, 15) is 14.4 Å². The molecule has 55 heavy (non-hydrogen) atoms. The van der Waals surface area contributed by atoms with Gasteiger partial charge in [0, 0.05) is 47.0 Å². The van der Waals surface area contributed by atoms with E-state index in [1.807, 2.05) is 125 Å². The number of aryl methyl sites for hydroxylation is 3. The molecule has 276 valence electrons. The van der Waals surface area contributed by atoms with Gasteiger partial charge < -0.3 is 18.8 Å². The molecule has 1 aliphatic rings. The number of fused-ring (bicyclic) bond motifs is 3. The largest absolute Gasteiger partial charge is 0.457 e. The van der Waals surface area contributed by atoms with Gasteiger partial charge in [-0.2, -0.15) is 0 Å². The number of ether oxygens (including phenoxy) is 1. The lowest BCUT2D eigenvalue weighted by Gasteiger charge is -2.34. The molecule has 7 aromatic rings. The first-order valence-corrected chi connectivity index (χ1v) is 18.6. The Balaban J connectivity index is 1.12. The van der Waals surface area contributed by atoms with Crippen LogP contribution in [0, 0.1) is 12.8 Å². The zero-order chi connectivity index (χ0) is 38.4. The van der Waals surface area contributed by atoms with Crippen molar-refractivity contribution in [2.45, 2.75) is 39.3 Å². The number of hydrogen-bond donors (Lipinski definition) is 2. The number of para-hydroxylation sites is 1. The summed E-state index contributed by atoms with van der Waals surface area (Å²) in [4.78, 5) is 44.5. The molecule has 0 spiro atoms. The number of carbonyl (C=O) groups excluding carboxylic acids is 3. The fourth-order valence-corrected chi connectivity index (χ4v) is 8.08. The minimum absolute atomic E-state index is 0.0547. The Hall–Kier alpha value is -6.61. The zero-order valence-corrected chi connectivity index (χ0v) is 31.5. The molecule has 0 radical (unpaired) electrons. The fraction of sp³-hybridized carbons (Fsp3) is 0.196. The lowest BCUT2D eigenvalue weighted by atomic mass is 9.91. The smallest absolute Gasteiger partial charge is 0.286 e. The summed E-state index contributed by atoms with van der Waals surface area (Å²) in [6.07, 6.45) is 0.376. The van der Waals surface area contributed by atoms with Gasteiger partial charge in [0.25, 0.3) is 17.7 Å². The summed E-state index contributed by atoms with van der Waals surface area (Å²) < 4.78 is 10.0. The highest BCUT2D eigenvalue weighted by Gasteiger charge is 2.46. The maximum atomic E-state index is 14.6. The van der Waals surface area contributed by atoms with Gasteiger partial charge in [0.1, 0.15) is 23.2 Å². The van der Waals surface area contributed by atoms with E-state index in [0.29, 0.717) is 23.4 Å². The van der Waals surface area contributed by atoms with Crippen molar-refractivity contribution in [1.29, 1.82) is 0 Å². The first-order valence-electron chi connectivity index (χ1n) is 18.6. The second-order valence-electron chi connectivity index (χ2n) is 14.7. The molecule has 2 N–H and O–H groups in total. The minimum atomic E-state index is -0.901. The molecule has 5 aromatic carbocycles. The van der Waals surface area contributed by atoms with Crippen molar-refractivity contribution in [3.05, 3.63) is 155 Å². The van der Waals surface area contributed by atoms with Gasteiger partial charge in [0.05, 0.1) is 11.7 Å². The number of rotatable bonds is 9. The van der Waals surface area contributed by atoms with E-state index in [-0.39, 0.29) is 11.8 Å². The quantitative estimate of drug-likeness (QED) is 0.145. The standard InChI is InChI=1S/C46H43N5O4/c1-28(2)24-40(45(53)48-47-44(52)39-27-31-26-33(22-23-37(31)49(39)4)55-32-17-13-14-29(3)25-32)51-43(34-18-9-10-19-35(34)46(51)54)41-36-20-11-12-21-38(36)50(5)42(41)30-15-7-6-8-16-30/h6-23,25-28,40,43H,24H2,1-5H3,(H,47,52)(H,48,53). The summed E-state index contributed by atoms with van der Waals surface area (Å²) in [7, 11) is 3.85. The molecule has 0 bridgehead atoms. The van der Waals surface area contributed by atoms with Crippen LogP contribution in [0.25, 0.3) is 33.1 Å². The third-order valence-corrected chi connectivity index (χ3v) is 10.6. The van der Waals surface area contributed by atoms with Crippen molar-refractivity contribution in [1.82, 2.24) is 24.9 Å². The number of nitrogens with zero attached hydrogens (tertiary/aromatic N) is 3. The molecule has 0 saturated heterocycles. The first-order chi connectivity index (χ1) is 26.6. The Morgan fingerprint density at radius 1 is 0.745 bits per heavy atom. The van der Waals surface area contributed by atoms with E-state index in [0.717, 1.165) is 55.5 Å². The van der Waals surface area contributed by atoms with Crippen LogP contribution in [0.4, 0.5) is 0 Å². The van der Waals surface area contributed by atoms with Gasteiger partial charge in [0.2, 0.25) is 0 Å². The van der Waals surface area contributed by atoms with Crippen LogP contribution in [-0.4, -0.2) is 37.8 Å². The van der Waals surface area contributed by atoms with E-state index in [2.05, 4.69) is 39.7 Å². The molecule has 9 nitrogen and oxygen atoms in total. The van der Waals surface area contributed by atoms with Gasteiger partial charge in [-0.1, -0.05) is 92.7 Å². The molecule has 3 amide bonds. The van der Waals surface area contributed by atoms with Crippen LogP contribution in [0.15, 0.2) is 127 Å². The molecular formula is C46H43N5O4. The predicted molar refractivity (Wildman–Crippen MR) is 216 cm³/mol. The van der Waals surface area contributed by atoms with Crippen LogP contribution in [0.5, 0.6) is 11.5 Å². The lowest BCUT2D eigenvalue weighted by molar-refractivity contribution is -0.127. The molecule has 0 fully saturated rings. The fourth-order valence-electron chi connectivity index (χ4n) is 8.08. The van der Waals surface area contributed by atoms with Crippen molar-refractivity contribution in [3.8, 4) is 22.8 Å². The molecule has 2 atom stereocenters. The van der Waals surface area contributed by atoms with Gasteiger partial charge >= 0.3 is 0 Å².